The van der Waals surface area contributed by atoms with Crippen LogP contribution in [-0.2, 0) is 74.8 Å². The number of phenols is 2. The van der Waals surface area contributed by atoms with Crippen LogP contribution in [0.4, 0.5) is 0 Å². The molecule has 1 aliphatic heterocycles. The Hall–Kier alpha value is -1.66. The van der Waals surface area contributed by atoms with Gasteiger partial charge < -0.3 is 44.0 Å². The molecule has 0 unspecified atom stereocenters. The minimum absolute atomic E-state index is 0. The molecule has 8 nitrogen and oxygen atoms in total. The van der Waals surface area contributed by atoms with E-state index in [4.69, 9.17) is 9.90 Å². The van der Waals surface area contributed by atoms with Gasteiger partial charge in [0.05, 0.1) is 0 Å². The monoisotopic (exact) mass is 743 g/mol. The second kappa shape index (κ2) is 19.5. The van der Waals surface area contributed by atoms with Gasteiger partial charge >= 0.3 is 33.0 Å². The summed E-state index contributed by atoms with van der Waals surface area (Å²) in [5, 5.41) is 44.3. The molecule has 47 heavy (non-hydrogen) atoms. The third kappa shape index (κ3) is 16.1. The molecule has 1 aliphatic rings. The third-order valence-electron chi connectivity index (χ3n) is 7.94. The maximum absolute atomic E-state index is 11.2. The topological polar surface area (TPSA) is 126 Å². The normalized spacial score (nSPS) is 17.3. The molecule has 0 saturated heterocycles. The number of benzene rings is 2. The van der Waals surface area contributed by atoms with Crippen molar-refractivity contribution in [1.82, 2.24) is 21.3 Å². The number of hydrogen-bond donors (Lipinski definition) is 7. The number of hydrogen-bond acceptors (Lipinski definition) is 7. The van der Waals surface area contributed by atoms with Gasteiger partial charge in [-0.1, -0.05) is 93.5 Å². The van der Waals surface area contributed by atoms with Crippen molar-refractivity contribution in [2.45, 2.75) is 113 Å². The molecule has 0 fully saturated rings. The first-order valence-corrected chi connectivity index (χ1v) is 15.8. The summed E-state index contributed by atoms with van der Waals surface area (Å²) in [6.07, 6.45) is 0. The first-order chi connectivity index (χ1) is 20.1. The summed E-state index contributed by atoms with van der Waals surface area (Å²) in [7, 11) is 0. The summed E-state index contributed by atoms with van der Waals surface area (Å²) in [6.45, 7) is 29.0. The van der Waals surface area contributed by atoms with Crippen LogP contribution in [0.2, 0.25) is 0 Å². The fraction of sp³-hybridized carbons (Fsp3) is 0.622. The Bertz CT molecular complexity index is 1110. The quantitative estimate of drug-likeness (QED) is 0.123. The Balaban J connectivity index is 0. The fourth-order valence-electron chi connectivity index (χ4n) is 5.19. The average Bonchev–Trinajstić information content (AvgIpc) is 2.85. The van der Waals surface area contributed by atoms with Crippen molar-refractivity contribution in [2.75, 3.05) is 26.2 Å². The van der Waals surface area contributed by atoms with Gasteiger partial charge in [0.25, 0.3) is 5.97 Å². The minimum Gasteiger partial charge on any atom is -0.507 e. The molecule has 2 aromatic carbocycles. The Morgan fingerprint density at radius 1 is 0.617 bits per heavy atom. The molecule has 4 bridgehead atoms. The summed E-state index contributed by atoms with van der Waals surface area (Å²) in [5.74, 6) is -0.0595. The van der Waals surface area contributed by atoms with Gasteiger partial charge in [-0.25, -0.2) is 0 Å². The standard InChI is InChI=1S/C34H56N4O2.C2H4O2.CH3.2Ni/c1-31(2,3)27-11-23-15-35-19-33(7,8)21-37-17-25-13-28(32(4,5)6)14-26(30(25)40)18-38-22-34(9,10)20-36-16-24(12-27)29(23)39;1-2(3)4;;;/h11-14,35-40H,15-22H2,1-10H3;1H3,(H,3,4);1H3;;/q;;-1;+2;+3. The van der Waals surface area contributed by atoms with Crippen LogP contribution >= 0.6 is 0 Å². The van der Waals surface area contributed by atoms with E-state index in [-0.39, 0.29) is 62.1 Å². The SMILES string of the molecule is CC(=O)O.CC1(C)CNCc2cc(C(C)(C)C)cc(c2O)CNCC(C)(C)CNCc2cc(C(C)(C)C)cc(c2O)CNC1.[CH3-].[Ni+2].[Ni+3]. The van der Waals surface area contributed by atoms with E-state index in [1.807, 2.05) is 0 Å². The molecule has 1 radical (unpaired) electrons. The summed E-state index contributed by atoms with van der Waals surface area (Å²) < 4.78 is 0. The second-order valence-corrected chi connectivity index (χ2v) is 16.0. The zero-order valence-corrected chi connectivity index (χ0v) is 32.8. The van der Waals surface area contributed by atoms with E-state index >= 15 is 0 Å². The number of aliphatic carboxylic acids is 1. The van der Waals surface area contributed by atoms with Gasteiger partial charge in [0, 0.05) is 81.5 Å². The van der Waals surface area contributed by atoms with E-state index in [0.29, 0.717) is 37.7 Å². The summed E-state index contributed by atoms with van der Waals surface area (Å²) in [4.78, 5) is 9.00. The molecule has 0 spiro atoms. The van der Waals surface area contributed by atoms with E-state index in [0.717, 1.165) is 55.4 Å². The smallest absolute Gasteiger partial charge is 0.507 e. The molecule has 0 aliphatic carbocycles. The first-order valence-electron chi connectivity index (χ1n) is 15.8. The Morgan fingerprint density at radius 3 is 0.979 bits per heavy atom. The van der Waals surface area contributed by atoms with Gasteiger partial charge in [0.2, 0.25) is 0 Å². The van der Waals surface area contributed by atoms with Crippen LogP contribution in [-0.4, -0.2) is 47.5 Å². The first kappa shape index (κ1) is 47.5. The van der Waals surface area contributed by atoms with Gasteiger partial charge in [-0.2, -0.15) is 0 Å². The van der Waals surface area contributed by atoms with E-state index in [2.05, 4.69) is 115 Å². The zero-order chi connectivity index (χ0) is 33.5. The molecule has 7 N–H and O–H groups in total. The molecular weight excluding hydrogens is 682 g/mol. The summed E-state index contributed by atoms with van der Waals surface area (Å²) in [5.41, 5.74) is 6.19. The number of fused-ring (bicyclic) bond motifs is 4. The summed E-state index contributed by atoms with van der Waals surface area (Å²) in [6, 6.07) is 8.61. The Kier molecular flexibility index (Phi) is 19.7. The number of rotatable bonds is 0. The van der Waals surface area contributed by atoms with E-state index in [9.17, 15) is 10.2 Å². The van der Waals surface area contributed by atoms with Crippen LogP contribution in [0, 0.1) is 18.3 Å². The largest absolute Gasteiger partial charge is 3.00 e. The molecule has 0 aromatic heterocycles. The van der Waals surface area contributed by atoms with Crippen molar-refractivity contribution in [3.05, 3.63) is 65.1 Å². The number of carboxylic acids is 1. The fourth-order valence-corrected chi connectivity index (χ4v) is 5.19. The predicted molar refractivity (Wildman–Crippen MR) is 188 cm³/mol. The van der Waals surface area contributed by atoms with Crippen molar-refractivity contribution in [1.29, 1.82) is 0 Å². The maximum atomic E-state index is 11.2. The molecule has 3 rings (SSSR count). The third-order valence-corrected chi connectivity index (χ3v) is 7.94. The Morgan fingerprint density at radius 2 is 0.809 bits per heavy atom. The van der Waals surface area contributed by atoms with Crippen molar-refractivity contribution in [2.24, 2.45) is 10.8 Å². The predicted octanol–water partition coefficient (Wildman–Crippen LogP) is 6.35. The van der Waals surface area contributed by atoms with Crippen LogP contribution in [0.5, 0.6) is 11.5 Å². The van der Waals surface area contributed by atoms with Crippen LogP contribution in [0.15, 0.2) is 24.3 Å². The molecule has 2 aromatic rings. The molecule has 0 atom stereocenters. The second-order valence-electron chi connectivity index (χ2n) is 16.0. The van der Waals surface area contributed by atoms with Gasteiger partial charge in [-0.15, -0.1) is 0 Å². The van der Waals surface area contributed by atoms with Crippen LogP contribution < -0.4 is 21.3 Å². The number of carbonyl (C=O) groups is 1. The molecule has 0 amide bonds. The van der Waals surface area contributed by atoms with Crippen molar-refractivity contribution in [3.63, 3.8) is 0 Å². The number of aromatic hydroxyl groups is 2. The van der Waals surface area contributed by atoms with E-state index in [1.165, 1.54) is 11.1 Å². The molecule has 271 valence electrons. The van der Waals surface area contributed by atoms with Gasteiger partial charge in [0.1, 0.15) is 11.5 Å². The van der Waals surface area contributed by atoms with Gasteiger partial charge in [0.15, 0.2) is 0 Å². The molecule has 10 heteroatoms. The zero-order valence-electron chi connectivity index (χ0n) is 30.8. The van der Waals surface area contributed by atoms with Gasteiger partial charge in [-0.05, 0) is 32.8 Å². The van der Waals surface area contributed by atoms with Crippen LogP contribution in [0.3, 0.4) is 0 Å². The van der Waals surface area contributed by atoms with Crippen molar-refractivity contribution >= 4 is 5.97 Å². The number of carboxylic acid groups (broad SMARTS) is 1. The molecule has 0 saturated carbocycles. The van der Waals surface area contributed by atoms with Crippen LogP contribution in [0.1, 0.15) is 110 Å². The van der Waals surface area contributed by atoms with Crippen molar-refractivity contribution < 1.29 is 53.1 Å². The van der Waals surface area contributed by atoms with E-state index < -0.39 is 5.97 Å². The average molecular weight is 745 g/mol. The molecular formula is C37H63N4Ni2O4+4. The minimum atomic E-state index is -0.833. The molecule has 1 heterocycles. The maximum Gasteiger partial charge on any atom is 3.00 e. The summed E-state index contributed by atoms with van der Waals surface area (Å²) >= 11 is 0. The number of phenolic OH excluding ortho intramolecular Hbond substituents is 2. The van der Waals surface area contributed by atoms with Crippen molar-refractivity contribution in [3.8, 4) is 11.5 Å². The van der Waals surface area contributed by atoms with Gasteiger partial charge in [-0.3, -0.25) is 4.79 Å². The van der Waals surface area contributed by atoms with E-state index in [1.54, 1.807) is 0 Å². The van der Waals surface area contributed by atoms with Crippen LogP contribution in [0.25, 0.3) is 0 Å². The number of nitrogens with one attached hydrogen (secondary N) is 4. The Labute approximate surface area is 305 Å².